The third-order valence-electron chi connectivity index (χ3n) is 1.07. The van der Waals surface area contributed by atoms with E-state index in [-0.39, 0.29) is 7.33 Å². The lowest BCUT2D eigenvalue weighted by atomic mass is 10.4. The van der Waals surface area contributed by atoms with Crippen LogP contribution in [0.5, 0.6) is 0 Å². The molecule has 1 amide bonds. The van der Waals surface area contributed by atoms with Crippen LogP contribution in [0.3, 0.4) is 0 Å². The van der Waals surface area contributed by atoms with Gasteiger partial charge in [0.15, 0.2) is 0 Å². The van der Waals surface area contributed by atoms with Gasteiger partial charge in [-0.2, -0.15) is 0 Å². The first-order valence-corrected chi connectivity index (χ1v) is 2.70. The number of amides is 1. The Bertz CT molecular complexity index is 196. The highest BCUT2D eigenvalue weighted by Crippen LogP contribution is 1.91. The molecule has 0 atom stereocenters. The normalized spacial score (nSPS) is 9.00. The Kier molecular flexibility index (Phi) is 1.53. The largest absolute Gasteiger partial charge is 1.00 e. The quantitative estimate of drug-likeness (QED) is 0.563. The van der Waals surface area contributed by atoms with Crippen LogP contribution in [0.4, 0.5) is 0 Å². The molecule has 0 radical (unpaired) electrons. The highest BCUT2D eigenvalue weighted by molar-refractivity contribution is 5.92. The summed E-state index contributed by atoms with van der Waals surface area (Å²) in [6.45, 7) is 0. The molecule has 1 rings (SSSR count). The van der Waals surface area contributed by atoms with Crippen molar-refractivity contribution in [2.45, 2.75) is 0 Å². The predicted octanol–water partition coefficient (Wildman–Crippen LogP) is 0.487. The van der Waals surface area contributed by atoms with Crippen molar-refractivity contribution < 1.29 is 6.22 Å². The van der Waals surface area contributed by atoms with Gasteiger partial charge in [-0.05, 0) is 12.1 Å². The lowest BCUT2D eigenvalue weighted by Gasteiger charge is -1.91. The third-order valence-corrected chi connectivity index (χ3v) is 1.07. The molecule has 0 aromatic carbocycles. The molecule has 2 N–H and O–H groups in total. The Labute approximate surface area is 54.6 Å². The molecule has 0 aliphatic heterocycles. The summed E-state index contributed by atoms with van der Waals surface area (Å²) in [5.74, 6) is -0.0833. The summed E-state index contributed by atoms with van der Waals surface area (Å²) in [4.78, 5) is 13.5. The summed E-state index contributed by atoms with van der Waals surface area (Å²) in [6.07, 6.45) is 1.71. The zero-order valence-electron chi connectivity index (χ0n) is 6.14. The number of nitrogens with one attached hydrogen (secondary N) is 2. The first-order valence-electron chi connectivity index (χ1n) is 2.70. The van der Waals surface area contributed by atoms with Gasteiger partial charge in [-0.3, -0.25) is 4.79 Å². The van der Waals surface area contributed by atoms with E-state index in [0.29, 0.717) is 5.69 Å². The molecule has 9 heavy (non-hydrogen) atoms. The number of carbonyl (C=O) groups is 1. The summed E-state index contributed by atoms with van der Waals surface area (Å²) in [6, 6.07) is 3.50. The summed E-state index contributed by atoms with van der Waals surface area (Å²) >= 11 is 0. The molecule has 0 aliphatic rings. The van der Waals surface area contributed by atoms with Gasteiger partial charge in [-0.25, -0.2) is 0 Å². The first-order chi connectivity index (χ1) is 4.34. The molecule has 0 saturated carbocycles. The average molecular weight is 125 g/mol. The van der Waals surface area contributed by atoms with Crippen molar-refractivity contribution >= 4 is 5.91 Å². The Balaban J connectivity index is 0.000000810. The monoisotopic (exact) mass is 125 g/mol. The Morgan fingerprint density at radius 2 is 2.67 bits per heavy atom. The number of rotatable bonds is 1. The van der Waals surface area contributed by atoms with Crippen molar-refractivity contribution in [2.24, 2.45) is 0 Å². The van der Waals surface area contributed by atoms with Crippen LogP contribution >= 0.6 is 0 Å². The molecule has 0 bridgehead atoms. The molecule has 1 heterocycles. The highest BCUT2D eigenvalue weighted by Gasteiger charge is 1.99. The van der Waals surface area contributed by atoms with Crippen molar-refractivity contribution in [1.82, 2.24) is 10.3 Å². The standard InChI is InChI=1S/C6H8N2O/c1-7-6(9)5-3-2-4-8-5/h2-4,8H,1H3,(H,7,9)/p+1. The average Bonchev–Trinajstić information content (AvgIpc) is 2.37. The van der Waals surface area contributed by atoms with Crippen LogP contribution in [0.15, 0.2) is 18.3 Å². The fourth-order valence-corrected chi connectivity index (χ4v) is 0.606. The summed E-state index contributed by atoms with van der Waals surface area (Å²) in [5.41, 5.74) is 0.595. The Morgan fingerprint density at radius 3 is 3.11 bits per heavy atom. The Hall–Kier alpha value is -1.25. The molecule has 3 heteroatoms. The van der Waals surface area contributed by atoms with Gasteiger partial charge in [0.25, 0.3) is 5.91 Å². The zero-order valence-corrected chi connectivity index (χ0v) is 5.14. The van der Waals surface area contributed by atoms with E-state index in [1.54, 1.807) is 25.4 Å². The van der Waals surface area contributed by atoms with Crippen LogP contribution in [0.1, 0.15) is 11.9 Å². The molecule has 1 aromatic heterocycles. The van der Waals surface area contributed by atoms with Crippen molar-refractivity contribution in [3.63, 3.8) is 0 Å². The fraction of sp³-hybridized carbons (Fsp3) is 0.167. The number of H-pyrrole nitrogens is 1. The number of aromatic amines is 1. The Morgan fingerprint density at radius 1 is 1.89 bits per heavy atom. The lowest BCUT2D eigenvalue weighted by Crippen LogP contribution is -2.17. The van der Waals surface area contributed by atoms with E-state index in [9.17, 15) is 4.79 Å². The summed E-state index contributed by atoms with van der Waals surface area (Å²) in [7, 11) is 1.60. The van der Waals surface area contributed by atoms with Gasteiger partial charge < -0.3 is 10.3 Å². The van der Waals surface area contributed by atoms with Crippen LogP contribution in [0, 0.1) is 0 Å². The SMILES string of the molecule is CNC(=O)c1ccc[nH]1.[H+]. The van der Waals surface area contributed by atoms with Gasteiger partial charge in [0.05, 0.1) is 0 Å². The van der Waals surface area contributed by atoms with E-state index in [4.69, 9.17) is 0 Å². The molecular formula is C6H9N2O+. The van der Waals surface area contributed by atoms with Gasteiger partial charge in [-0.15, -0.1) is 0 Å². The van der Waals surface area contributed by atoms with Crippen LogP contribution in [0.2, 0.25) is 0 Å². The summed E-state index contributed by atoms with van der Waals surface area (Å²) < 4.78 is 0. The van der Waals surface area contributed by atoms with E-state index >= 15 is 0 Å². The maximum atomic E-state index is 10.7. The van der Waals surface area contributed by atoms with Gasteiger partial charge in [0.2, 0.25) is 0 Å². The van der Waals surface area contributed by atoms with Crippen molar-refractivity contribution in [2.75, 3.05) is 7.05 Å². The maximum Gasteiger partial charge on any atom is 1.00 e. The first kappa shape index (κ1) is 5.88. The minimum Gasteiger partial charge on any atom is -0.357 e. The predicted molar refractivity (Wildman–Crippen MR) is 35.3 cm³/mol. The van der Waals surface area contributed by atoms with Gasteiger partial charge in [0, 0.05) is 13.2 Å². The lowest BCUT2D eigenvalue weighted by molar-refractivity contribution is 0.0959. The minimum atomic E-state index is -0.0833. The van der Waals surface area contributed by atoms with Crippen LogP contribution < -0.4 is 5.32 Å². The van der Waals surface area contributed by atoms with E-state index < -0.39 is 0 Å². The second-order valence-electron chi connectivity index (χ2n) is 1.66. The van der Waals surface area contributed by atoms with Gasteiger partial charge in [0.1, 0.15) is 5.69 Å². The fourth-order valence-electron chi connectivity index (χ4n) is 0.606. The molecule has 48 valence electrons. The van der Waals surface area contributed by atoms with Crippen molar-refractivity contribution in [1.29, 1.82) is 0 Å². The van der Waals surface area contributed by atoms with Crippen molar-refractivity contribution in [3.8, 4) is 0 Å². The molecule has 0 aliphatic carbocycles. The number of hydrogen-bond acceptors (Lipinski definition) is 1. The zero-order chi connectivity index (χ0) is 6.69. The number of aromatic nitrogens is 1. The van der Waals surface area contributed by atoms with Gasteiger partial charge >= 0.3 is 1.43 Å². The number of hydrogen-bond donors (Lipinski definition) is 2. The molecule has 0 spiro atoms. The minimum absolute atomic E-state index is 0. The smallest absolute Gasteiger partial charge is 0.357 e. The van der Waals surface area contributed by atoms with Crippen LogP contribution in [0.25, 0.3) is 0 Å². The molecule has 3 nitrogen and oxygen atoms in total. The van der Waals surface area contributed by atoms with E-state index in [0.717, 1.165) is 0 Å². The second kappa shape index (κ2) is 2.35. The third kappa shape index (κ3) is 1.10. The molecule has 0 saturated heterocycles. The van der Waals surface area contributed by atoms with E-state index in [2.05, 4.69) is 10.3 Å². The topological polar surface area (TPSA) is 44.9 Å². The van der Waals surface area contributed by atoms with Gasteiger partial charge in [-0.1, -0.05) is 0 Å². The summed E-state index contributed by atoms with van der Waals surface area (Å²) in [5, 5.41) is 2.50. The van der Waals surface area contributed by atoms with E-state index in [1.807, 2.05) is 0 Å². The van der Waals surface area contributed by atoms with Crippen molar-refractivity contribution in [3.05, 3.63) is 24.0 Å². The molecule has 1 aromatic rings. The number of carbonyl (C=O) groups excluding carboxylic acids is 1. The molecule has 0 unspecified atom stereocenters. The van der Waals surface area contributed by atoms with Crippen LogP contribution in [-0.4, -0.2) is 17.9 Å². The van der Waals surface area contributed by atoms with Crippen LogP contribution in [-0.2, 0) is 0 Å². The van der Waals surface area contributed by atoms with E-state index in [1.165, 1.54) is 0 Å². The molecule has 0 fully saturated rings. The maximum absolute atomic E-state index is 10.7. The highest BCUT2D eigenvalue weighted by atomic mass is 16.1. The molecular weight excluding hydrogens is 116 g/mol. The second-order valence-corrected chi connectivity index (χ2v) is 1.66.